The van der Waals surface area contributed by atoms with Gasteiger partial charge in [0.1, 0.15) is 6.04 Å². The summed E-state index contributed by atoms with van der Waals surface area (Å²) in [5.41, 5.74) is 2.10. The summed E-state index contributed by atoms with van der Waals surface area (Å²) in [4.78, 5) is 14.8. The fourth-order valence-electron chi connectivity index (χ4n) is 3.30. The second kappa shape index (κ2) is 5.35. The molecule has 1 aromatic rings. The standard InChI is InChI=1S/C16H23N3O/c1-11-7-8-19(12(2)9-11)16(20)15-10-17-13-5-3-4-6-14(13)18-15/h3-6,11-12,15,17-18H,7-10H2,1-2H3. The Morgan fingerprint density at radius 2 is 2.00 bits per heavy atom. The number of amides is 1. The lowest BCUT2D eigenvalue weighted by molar-refractivity contribution is -0.135. The number of nitrogens with zero attached hydrogens (tertiary/aromatic N) is 1. The highest BCUT2D eigenvalue weighted by molar-refractivity contribution is 5.89. The molecule has 2 heterocycles. The largest absolute Gasteiger partial charge is 0.381 e. The molecule has 1 fully saturated rings. The van der Waals surface area contributed by atoms with Gasteiger partial charge in [0.05, 0.1) is 11.4 Å². The zero-order chi connectivity index (χ0) is 14.1. The molecule has 3 unspecified atom stereocenters. The molecule has 3 rings (SSSR count). The summed E-state index contributed by atoms with van der Waals surface area (Å²) >= 11 is 0. The normalized spacial score (nSPS) is 29.1. The fraction of sp³-hybridized carbons (Fsp3) is 0.562. The monoisotopic (exact) mass is 273 g/mol. The van der Waals surface area contributed by atoms with Crippen molar-refractivity contribution in [2.75, 3.05) is 23.7 Å². The maximum absolute atomic E-state index is 12.7. The molecule has 4 heteroatoms. The summed E-state index contributed by atoms with van der Waals surface area (Å²) in [7, 11) is 0. The number of anilines is 2. The summed E-state index contributed by atoms with van der Waals surface area (Å²) < 4.78 is 0. The van der Waals surface area contributed by atoms with Gasteiger partial charge in [0, 0.05) is 19.1 Å². The van der Waals surface area contributed by atoms with Crippen LogP contribution in [0.3, 0.4) is 0 Å². The molecule has 1 saturated heterocycles. The molecule has 2 aliphatic heterocycles. The van der Waals surface area contributed by atoms with E-state index in [4.69, 9.17) is 0 Å². The molecule has 108 valence electrons. The molecule has 3 atom stereocenters. The summed E-state index contributed by atoms with van der Waals surface area (Å²) in [6.45, 7) is 5.99. The van der Waals surface area contributed by atoms with E-state index < -0.39 is 0 Å². The Hall–Kier alpha value is -1.71. The van der Waals surface area contributed by atoms with Crippen LogP contribution in [0.2, 0.25) is 0 Å². The smallest absolute Gasteiger partial charge is 0.247 e. The first-order chi connectivity index (χ1) is 9.65. The van der Waals surface area contributed by atoms with Crippen molar-refractivity contribution in [3.63, 3.8) is 0 Å². The van der Waals surface area contributed by atoms with Crippen molar-refractivity contribution in [2.24, 2.45) is 5.92 Å². The summed E-state index contributed by atoms with van der Waals surface area (Å²) in [6.07, 6.45) is 2.23. The van der Waals surface area contributed by atoms with E-state index in [1.807, 2.05) is 29.2 Å². The van der Waals surface area contributed by atoms with Gasteiger partial charge in [-0.25, -0.2) is 0 Å². The Bertz CT molecular complexity index is 502. The number of hydrogen-bond donors (Lipinski definition) is 2. The van der Waals surface area contributed by atoms with E-state index in [0.717, 1.165) is 36.7 Å². The van der Waals surface area contributed by atoms with Crippen molar-refractivity contribution < 1.29 is 4.79 Å². The van der Waals surface area contributed by atoms with Gasteiger partial charge in [-0.2, -0.15) is 0 Å². The van der Waals surface area contributed by atoms with Crippen LogP contribution in [0.25, 0.3) is 0 Å². The van der Waals surface area contributed by atoms with Crippen molar-refractivity contribution in [2.45, 2.75) is 38.8 Å². The minimum absolute atomic E-state index is 0.152. The number of nitrogens with one attached hydrogen (secondary N) is 2. The molecule has 0 spiro atoms. The van der Waals surface area contributed by atoms with Gasteiger partial charge in [-0.1, -0.05) is 19.1 Å². The SMILES string of the molecule is CC1CCN(C(=O)C2CNc3ccccc3N2)C(C)C1. The molecule has 2 N–H and O–H groups in total. The highest BCUT2D eigenvalue weighted by Crippen LogP contribution is 2.28. The minimum Gasteiger partial charge on any atom is -0.381 e. The topological polar surface area (TPSA) is 44.4 Å². The fourth-order valence-corrected chi connectivity index (χ4v) is 3.30. The Kier molecular flexibility index (Phi) is 3.55. The van der Waals surface area contributed by atoms with Gasteiger partial charge in [-0.05, 0) is 37.8 Å². The number of hydrogen-bond acceptors (Lipinski definition) is 3. The van der Waals surface area contributed by atoms with E-state index in [1.54, 1.807) is 0 Å². The number of para-hydroxylation sites is 2. The third-order valence-electron chi connectivity index (χ3n) is 4.47. The average Bonchev–Trinajstić information content (AvgIpc) is 2.46. The molecule has 0 radical (unpaired) electrons. The number of carbonyl (C=O) groups excluding carboxylic acids is 1. The minimum atomic E-state index is -0.152. The lowest BCUT2D eigenvalue weighted by Gasteiger charge is -2.39. The first kappa shape index (κ1) is 13.3. The van der Waals surface area contributed by atoms with Gasteiger partial charge in [0.25, 0.3) is 0 Å². The molecule has 2 aliphatic rings. The highest BCUT2D eigenvalue weighted by atomic mass is 16.2. The molecular weight excluding hydrogens is 250 g/mol. The van der Waals surface area contributed by atoms with Gasteiger partial charge >= 0.3 is 0 Å². The number of fused-ring (bicyclic) bond motifs is 1. The quantitative estimate of drug-likeness (QED) is 0.826. The second-order valence-corrected chi connectivity index (χ2v) is 6.13. The van der Waals surface area contributed by atoms with Crippen LogP contribution >= 0.6 is 0 Å². The number of benzene rings is 1. The predicted octanol–water partition coefficient (Wildman–Crippen LogP) is 2.54. The van der Waals surface area contributed by atoms with Gasteiger partial charge in [-0.3, -0.25) is 4.79 Å². The first-order valence-corrected chi connectivity index (χ1v) is 7.55. The molecule has 20 heavy (non-hydrogen) atoms. The van der Waals surface area contributed by atoms with E-state index >= 15 is 0 Å². The third kappa shape index (κ3) is 2.47. The first-order valence-electron chi connectivity index (χ1n) is 7.55. The molecule has 0 aromatic heterocycles. The lowest BCUT2D eigenvalue weighted by atomic mass is 9.92. The number of rotatable bonds is 1. The van der Waals surface area contributed by atoms with Gasteiger partial charge in [-0.15, -0.1) is 0 Å². The highest BCUT2D eigenvalue weighted by Gasteiger charge is 2.32. The molecule has 1 amide bonds. The van der Waals surface area contributed by atoms with Crippen LogP contribution in [0, 0.1) is 5.92 Å². The Balaban J connectivity index is 1.70. The van der Waals surface area contributed by atoms with E-state index in [1.165, 1.54) is 0 Å². The van der Waals surface area contributed by atoms with Crippen molar-refractivity contribution in [3.05, 3.63) is 24.3 Å². The van der Waals surface area contributed by atoms with E-state index in [2.05, 4.69) is 24.5 Å². The summed E-state index contributed by atoms with van der Waals surface area (Å²) in [5.74, 6) is 0.957. The maximum Gasteiger partial charge on any atom is 0.247 e. The summed E-state index contributed by atoms with van der Waals surface area (Å²) in [6, 6.07) is 8.25. The average molecular weight is 273 g/mol. The predicted molar refractivity (Wildman–Crippen MR) is 81.9 cm³/mol. The molecule has 0 aliphatic carbocycles. The number of likely N-dealkylation sites (tertiary alicyclic amines) is 1. The van der Waals surface area contributed by atoms with Crippen LogP contribution in [0.1, 0.15) is 26.7 Å². The number of piperidine rings is 1. The van der Waals surface area contributed by atoms with Crippen LogP contribution in [0.4, 0.5) is 11.4 Å². The van der Waals surface area contributed by atoms with Crippen molar-refractivity contribution in [3.8, 4) is 0 Å². The van der Waals surface area contributed by atoms with Crippen molar-refractivity contribution >= 4 is 17.3 Å². The molecule has 4 nitrogen and oxygen atoms in total. The Morgan fingerprint density at radius 1 is 1.25 bits per heavy atom. The van der Waals surface area contributed by atoms with Gasteiger partial charge < -0.3 is 15.5 Å². The maximum atomic E-state index is 12.7. The molecule has 1 aromatic carbocycles. The van der Waals surface area contributed by atoms with Gasteiger partial charge in [0.2, 0.25) is 5.91 Å². The second-order valence-electron chi connectivity index (χ2n) is 6.13. The molecule has 0 bridgehead atoms. The van der Waals surface area contributed by atoms with Crippen LogP contribution in [-0.4, -0.2) is 36.0 Å². The molecular formula is C16H23N3O. The molecule has 0 saturated carbocycles. The van der Waals surface area contributed by atoms with Crippen LogP contribution < -0.4 is 10.6 Å². The zero-order valence-corrected chi connectivity index (χ0v) is 12.2. The van der Waals surface area contributed by atoms with Crippen molar-refractivity contribution in [1.29, 1.82) is 0 Å². The van der Waals surface area contributed by atoms with E-state index in [-0.39, 0.29) is 11.9 Å². The van der Waals surface area contributed by atoms with E-state index in [9.17, 15) is 4.79 Å². The number of carbonyl (C=O) groups is 1. The Morgan fingerprint density at radius 3 is 2.75 bits per heavy atom. The lowest BCUT2D eigenvalue weighted by Crippen LogP contribution is -2.53. The summed E-state index contributed by atoms with van der Waals surface area (Å²) in [5, 5.41) is 6.72. The zero-order valence-electron chi connectivity index (χ0n) is 12.2. The third-order valence-corrected chi connectivity index (χ3v) is 4.47. The Labute approximate surface area is 120 Å². The van der Waals surface area contributed by atoms with Crippen LogP contribution in [-0.2, 0) is 4.79 Å². The van der Waals surface area contributed by atoms with E-state index in [0.29, 0.717) is 12.6 Å². The van der Waals surface area contributed by atoms with Gasteiger partial charge in [0.15, 0.2) is 0 Å². The van der Waals surface area contributed by atoms with Crippen LogP contribution in [0.5, 0.6) is 0 Å². The van der Waals surface area contributed by atoms with Crippen molar-refractivity contribution in [1.82, 2.24) is 4.90 Å². The van der Waals surface area contributed by atoms with Crippen LogP contribution in [0.15, 0.2) is 24.3 Å².